The maximum Gasteiger partial charge on any atom is 0.217 e. The lowest BCUT2D eigenvalue weighted by Crippen LogP contribution is -2.11. The minimum atomic E-state index is -0.379. The maximum atomic E-state index is 13.1. The smallest absolute Gasteiger partial charge is 0.217 e. The molecule has 0 fully saturated rings. The van der Waals surface area contributed by atoms with Crippen molar-refractivity contribution in [2.24, 2.45) is 5.73 Å². The number of aryl methyl sites for hydroxylation is 1. The fraction of sp³-hybridized carbons (Fsp3) is 0.167. The van der Waals surface area contributed by atoms with E-state index in [2.05, 4.69) is 4.98 Å². The molecule has 1 aromatic heterocycles. The zero-order chi connectivity index (χ0) is 11.5. The van der Waals surface area contributed by atoms with E-state index in [0.717, 1.165) is 10.8 Å². The third-order valence-corrected chi connectivity index (χ3v) is 2.42. The van der Waals surface area contributed by atoms with E-state index in [9.17, 15) is 9.18 Å². The molecule has 0 aliphatic heterocycles. The highest BCUT2D eigenvalue weighted by molar-refractivity contribution is 5.85. The fourth-order valence-corrected chi connectivity index (χ4v) is 1.64. The lowest BCUT2D eigenvalue weighted by molar-refractivity contribution is -0.117. The molecule has 2 rings (SSSR count). The van der Waals surface area contributed by atoms with E-state index in [-0.39, 0.29) is 18.1 Å². The second-order valence-corrected chi connectivity index (χ2v) is 3.59. The number of fused-ring (bicyclic) bond motifs is 1. The van der Waals surface area contributed by atoms with Crippen LogP contribution in [-0.4, -0.2) is 10.9 Å². The number of carbonyl (C=O) groups excluding carboxylic acids is 1. The van der Waals surface area contributed by atoms with Gasteiger partial charge >= 0.3 is 0 Å². The Morgan fingerprint density at radius 3 is 2.94 bits per heavy atom. The molecule has 0 bridgehead atoms. The number of nitrogens with zero attached hydrogens (tertiary/aromatic N) is 1. The molecular formula is C12H11FN2O. The van der Waals surface area contributed by atoms with E-state index in [0.29, 0.717) is 12.1 Å². The number of pyridine rings is 1. The highest BCUT2D eigenvalue weighted by Crippen LogP contribution is 2.19. The maximum absolute atomic E-state index is 13.1. The van der Waals surface area contributed by atoms with Crippen LogP contribution in [0.5, 0.6) is 0 Å². The van der Waals surface area contributed by atoms with E-state index in [4.69, 9.17) is 5.73 Å². The van der Waals surface area contributed by atoms with Crippen LogP contribution in [0.1, 0.15) is 12.1 Å². The van der Waals surface area contributed by atoms with Gasteiger partial charge in [0.15, 0.2) is 0 Å². The molecule has 3 nitrogen and oxygen atoms in total. The molecule has 0 unspecified atom stereocenters. The average Bonchev–Trinajstić information content (AvgIpc) is 2.26. The first-order valence-electron chi connectivity index (χ1n) is 4.98. The van der Waals surface area contributed by atoms with Gasteiger partial charge in [0.2, 0.25) is 5.91 Å². The van der Waals surface area contributed by atoms with Crippen LogP contribution in [-0.2, 0) is 11.2 Å². The van der Waals surface area contributed by atoms with Gasteiger partial charge in [-0.05, 0) is 30.0 Å². The standard InChI is InChI=1S/C12H11FN2O/c13-9-2-1-8-5-6-15-11(10(8)7-9)3-4-12(14)16/h1-2,5-7H,3-4H2,(H2,14,16). The Morgan fingerprint density at radius 2 is 2.19 bits per heavy atom. The van der Waals surface area contributed by atoms with Gasteiger partial charge < -0.3 is 5.73 Å². The summed E-state index contributed by atoms with van der Waals surface area (Å²) < 4.78 is 13.1. The van der Waals surface area contributed by atoms with Gasteiger partial charge in [-0.3, -0.25) is 9.78 Å². The van der Waals surface area contributed by atoms with Gasteiger partial charge in [0.1, 0.15) is 5.82 Å². The van der Waals surface area contributed by atoms with Crippen molar-refractivity contribution in [2.45, 2.75) is 12.8 Å². The molecular weight excluding hydrogens is 207 g/mol. The number of aromatic nitrogens is 1. The van der Waals surface area contributed by atoms with Crippen molar-refractivity contribution in [1.82, 2.24) is 4.98 Å². The molecule has 1 heterocycles. The summed E-state index contributed by atoms with van der Waals surface area (Å²) in [5.41, 5.74) is 5.78. The van der Waals surface area contributed by atoms with Crippen molar-refractivity contribution < 1.29 is 9.18 Å². The van der Waals surface area contributed by atoms with Crippen LogP contribution in [0.3, 0.4) is 0 Å². The highest BCUT2D eigenvalue weighted by Gasteiger charge is 2.05. The molecule has 2 N–H and O–H groups in total. The van der Waals surface area contributed by atoms with Gasteiger partial charge in [0.05, 0.1) is 0 Å². The molecule has 0 atom stereocenters. The molecule has 1 aromatic carbocycles. The van der Waals surface area contributed by atoms with Crippen LogP contribution in [0.4, 0.5) is 4.39 Å². The number of benzene rings is 1. The summed E-state index contributed by atoms with van der Waals surface area (Å²) >= 11 is 0. The summed E-state index contributed by atoms with van der Waals surface area (Å²) in [5.74, 6) is -0.684. The summed E-state index contributed by atoms with van der Waals surface area (Å²) in [6.45, 7) is 0. The minimum Gasteiger partial charge on any atom is -0.370 e. The second kappa shape index (κ2) is 4.26. The van der Waals surface area contributed by atoms with Gasteiger partial charge in [-0.15, -0.1) is 0 Å². The quantitative estimate of drug-likeness (QED) is 0.853. The monoisotopic (exact) mass is 218 g/mol. The van der Waals surface area contributed by atoms with Gasteiger partial charge in [0, 0.05) is 23.7 Å². The summed E-state index contributed by atoms with van der Waals surface area (Å²) in [4.78, 5) is 14.8. The van der Waals surface area contributed by atoms with Crippen LogP contribution in [0.2, 0.25) is 0 Å². The first kappa shape index (κ1) is 10.5. The molecule has 0 aliphatic carbocycles. The van der Waals surface area contributed by atoms with E-state index < -0.39 is 0 Å². The highest BCUT2D eigenvalue weighted by atomic mass is 19.1. The molecule has 0 saturated carbocycles. The van der Waals surface area contributed by atoms with Gasteiger partial charge in [0.25, 0.3) is 0 Å². The summed E-state index contributed by atoms with van der Waals surface area (Å²) in [5, 5.41) is 1.65. The topological polar surface area (TPSA) is 56.0 Å². The molecule has 16 heavy (non-hydrogen) atoms. The first-order valence-corrected chi connectivity index (χ1v) is 4.98. The second-order valence-electron chi connectivity index (χ2n) is 3.59. The molecule has 4 heteroatoms. The Labute approximate surface area is 92.1 Å². The Balaban J connectivity index is 2.43. The Morgan fingerprint density at radius 1 is 1.38 bits per heavy atom. The largest absolute Gasteiger partial charge is 0.370 e. The molecule has 0 saturated heterocycles. The average molecular weight is 218 g/mol. The summed E-state index contributed by atoms with van der Waals surface area (Å²) in [6, 6.07) is 6.33. The molecule has 0 radical (unpaired) electrons. The van der Waals surface area contributed by atoms with Crippen LogP contribution in [0, 0.1) is 5.82 Å². The molecule has 1 amide bonds. The number of rotatable bonds is 3. The SMILES string of the molecule is NC(=O)CCc1nccc2ccc(F)cc12. The van der Waals surface area contributed by atoms with E-state index in [1.54, 1.807) is 12.3 Å². The third-order valence-electron chi connectivity index (χ3n) is 2.42. The third kappa shape index (κ3) is 2.16. The number of nitrogens with two attached hydrogens (primary N) is 1. The predicted octanol–water partition coefficient (Wildman–Crippen LogP) is 1.79. The Kier molecular flexibility index (Phi) is 2.81. The van der Waals surface area contributed by atoms with Crippen molar-refractivity contribution in [2.75, 3.05) is 0 Å². The van der Waals surface area contributed by atoms with Crippen molar-refractivity contribution in [3.63, 3.8) is 0 Å². The first-order chi connectivity index (χ1) is 7.66. The fourth-order valence-electron chi connectivity index (χ4n) is 1.64. The van der Waals surface area contributed by atoms with E-state index >= 15 is 0 Å². The normalized spacial score (nSPS) is 10.6. The lowest BCUT2D eigenvalue weighted by atomic mass is 10.1. The molecule has 0 aliphatic rings. The minimum absolute atomic E-state index is 0.225. The Hall–Kier alpha value is -1.97. The van der Waals surface area contributed by atoms with E-state index in [1.807, 2.05) is 6.07 Å². The Bertz CT molecular complexity index is 540. The van der Waals surface area contributed by atoms with Crippen molar-refractivity contribution >= 4 is 16.7 Å². The number of primary amides is 1. The number of halogens is 1. The number of carbonyl (C=O) groups is 1. The molecule has 82 valence electrons. The van der Waals surface area contributed by atoms with Gasteiger partial charge in [-0.1, -0.05) is 6.07 Å². The van der Waals surface area contributed by atoms with Crippen LogP contribution < -0.4 is 5.73 Å². The van der Waals surface area contributed by atoms with Gasteiger partial charge in [-0.25, -0.2) is 4.39 Å². The van der Waals surface area contributed by atoms with Crippen LogP contribution in [0.25, 0.3) is 10.8 Å². The summed E-state index contributed by atoms with van der Waals surface area (Å²) in [6.07, 6.45) is 2.31. The van der Waals surface area contributed by atoms with Gasteiger partial charge in [-0.2, -0.15) is 0 Å². The van der Waals surface area contributed by atoms with Crippen LogP contribution in [0.15, 0.2) is 30.5 Å². The van der Waals surface area contributed by atoms with Crippen LogP contribution >= 0.6 is 0 Å². The zero-order valence-electron chi connectivity index (χ0n) is 8.61. The lowest BCUT2D eigenvalue weighted by Gasteiger charge is -2.04. The summed E-state index contributed by atoms with van der Waals surface area (Å²) in [7, 11) is 0. The number of hydrogen-bond donors (Lipinski definition) is 1. The van der Waals surface area contributed by atoms with E-state index in [1.165, 1.54) is 12.1 Å². The molecule has 0 spiro atoms. The number of amides is 1. The number of hydrogen-bond acceptors (Lipinski definition) is 2. The van der Waals surface area contributed by atoms with Crippen molar-refractivity contribution in [3.8, 4) is 0 Å². The van der Waals surface area contributed by atoms with Crippen molar-refractivity contribution in [3.05, 3.63) is 42.0 Å². The zero-order valence-corrected chi connectivity index (χ0v) is 8.61. The van der Waals surface area contributed by atoms with Crippen molar-refractivity contribution in [1.29, 1.82) is 0 Å². The predicted molar refractivity (Wildman–Crippen MR) is 59.2 cm³/mol. The molecule has 2 aromatic rings.